The van der Waals surface area contributed by atoms with E-state index in [2.05, 4.69) is 75.1 Å². The summed E-state index contributed by atoms with van der Waals surface area (Å²) in [5.41, 5.74) is 1.30. The van der Waals surface area contributed by atoms with Crippen LogP contribution in [0.25, 0.3) is 0 Å². The Bertz CT molecular complexity index is 696. The molecule has 1 aliphatic rings. The predicted octanol–water partition coefficient (Wildman–Crippen LogP) is 3.03. The van der Waals surface area contributed by atoms with Gasteiger partial charge in [-0.15, -0.1) is 0 Å². The summed E-state index contributed by atoms with van der Waals surface area (Å²) in [5, 5.41) is 3.53. The zero-order chi connectivity index (χ0) is 18.4. The summed E-state index contributed by atoms with van der Waals surface area (Å²) in [7, 11) is 1.88. The largest absolute Gasteiger partial charge is 0.356 e. The number of nitrogens with zero attached hydrogens (tertiary/aromatic N) is 4. The Labute approximate surface area is 157 Å². The summed E-state index contributed by atoms with van der Waals surface area (Å²) in [5.74, 6) is 3.57. The first-order valence-electron chi connectivity index (χ1n) is 9.65. The number of benzene rings is 1. The maximum atomic E-state index is 4.54. The standard InChI is InChI=1S/C21H31N5/c1-17-13-18(2)15-26(14-17)21(22-3)24-10-9-20-23-11-12-25(20)16-19-7-5-4-6-8-19/h4-8,11-12,17-18H,9-10,13-16H2,1-3H3,(H,22,24). The zero-order valence-electron chi connectivity index (χ0n) is 16.2. The molecule has 1 saturated heterocycles. The lowest BCUT2D eigenvalue weighted by Crippen LogP contribution is -2.48. The summed E-state index contributed by atoms with van der Waals surface area (Å²) in [4.78, 5) is 11.4. The van der Waals surface area contributed by atoms with Crippen LogP contribution < -0.4 is 5.32 Å². The monoisotopic (exact) mass is 353 g/mol. The molecule has 1 N–H and O–H groups in total. The maximum absolute atomic E-state index is 4.54. The topological polar surface area (TPSA) is 45.5 Å². The van der Waals surface area contributed by atoms with Crippen LogP contribution in [-0.4, -0.2) is 47.1 Å². The minimum absolute atomic E-state index is 0.724. The average molecular weight is 354 g/mol. The molecule has 1 fully saturated rings. The molecule has 1 aromatic carbocycles. The number of hydrogen-bond acceptors (Lipinski definition) is 2. The Kier molecular flexibility index (Phi) is 6.31. The number of imidazole rings is 1. The van der Waals surface area contributed by atoms with Gasteiger partial charge in [-0.3, -0.25) is 4.99 Å². The quantitative estimate of drug-likeness (QED) is 0.664. The summed E-state index contributed by atoms with van der Waals surface area (Å²) >= 11 is 0. The van der Waals surface area contributed by atoms with E-state index in [1.807, 2.05) is 13.2 Å². The van der Waals surface area contributed by atoms with Gasteiger partial charge in [0.25, 0.3) is 0 Å². The van der Waals surface area contributed by atoms with E-state index in [1.165, 1.54) is 12.0 Å². The van der Waals surface area contributed by atoms with Gasteiger partial charge in [0, 0.05) is 52.0 Å². The first-order valence-corrected chi connectivity index (χ1v) is 9.65. The van der Waals surface area contributed by atoms with Crippen molar-refractivity contribution in [2.45, 2.75) is 33.2 Å². The van der Waals surface area contributed by atoms with Crippen molar-refractivity contribution in [2.75, 3.05) is 26.7 Å². The molecular formula is C21H31N5. The molecule has 0 bridgehead atoms. The van der Waals surface area contributed by atoms with E-state index >= 15 is 0 Å². The molecule has 2 aromatic rings. The highest BCUT2D eigenvalue weighted by molar-refractivity contribution is 5.80. The number of piperidine rings is 1. The van der Waals surface area contributed by atoms with Gasteiger partial charge in [0.05, 0.1) is 0 Å². The van der Waals surface area contributed by atoms with Crippen molar-refractivity contribution in [3.05, 3.63) is 54.1 Å². The SMILES string of the molecule is CN=C(NCCc1nccn1Cc1ccccc1)N1CC(C)CC(C)C1. The Morgan fingerprint density at radius 1 is 1.19 bits per heavy atom. The third-order valence-electron chi connectivity index (χ3n) is 5.01. The number of nitrogens with one attached hydrogen (secondary N) is 1. The van der Waals surface area contributed by atoms with Crippen LogP contribution in [-0.2, 0) is 13.0 Å². The van der Waals surface area contributed by atoms with E-state index in [-0.39, 0.29) is 0 Å². The van der Waals surface area contributed by atoms with Gasteiger partial charge < -0.3 is 14.8 Å². The van der Waals surface area contributed by atoms with Gasteiger partial charge >= 0.3 is 0 Å². The van der Waals surface area contributed by atoms with Crippen molar-refractivity contribution in [3.63, 3.8) is 0 Å². The van der Waals surface area contributed by atoms with Crippen LogP contribution in [0.3, 0.4) is 0 Å². The molecule has 1 aromatic heterocycles. The van der Waals surface area contributed by atoms with E-state index in [9.17, 15) is 0 Å². The lowest BCUT2D eigenvalue weighted by Gasteiger charge is -2.37. The van der Waals surface area contributed by atoms with Gasteiger partial charge in [0.15, 0.2) is 5.96 Å². The predicted molar refractivity (Wildman–Crippen MR) is 107 cm³/mol. The molecular weight excluding hydrogens is 322 g/mol. The lowest BCUT2D eigenvalue weighted by atomic mass is 9.92. The van der Waals surface area contributed by atoms with Crippen LogP contribution in [0.4, 0.5) is 0 Å². The maximum Gasteiger partial charge on any atom is 0.193 e. The highest BCUT2D eigenvalue weighted by atomic mass is 15.3. The molecule has 2 unspecified atom stereocenters. The molecule has 5 nitrogen and oxygen atoms in total. The molecule has 0 amide bonds. The van der Waals surface area contributed by atoms with Crippen LogP contribution in [0.15, 0.2) is 47.7 Å². The summed E-state index contributed by atoms with van der Waals surface area (Å²) < 4.78 is 2.23. The Hall–Kier alpha value is -2.30. The molecule has 140 valence electrons. The first kappa shape index (κ1) is 18.5. The molecule has 3 rings (SSSR count). The van der Waals surface area contributed by atoms with Crippen molar-refractivity contribution in [1.29, 1.82) is 0 Å². The molecule has 2 heterocycles. The van der Waals surface area contributed by atoms with E-state index in [4.69, 9.17) is 0 Å². The molecule has 0 saturated carbocycles. The summed E-state index contributed by atoms with van der Waals surface area (Å²) in [6.07, 6.45) is 6.15. The number of aromatic nitrogens is 2. The minimum Gasteiger partial charge on any atom is -0.356 e. The second-order valence-electron chi connectivity index (χ2n) is 7.53. The van der Waals surface area contributed by atoms with Crippen LogP contribution in [0.1, 0.15) is 31.7 Å². The van der Waals surface area contributed by atoms with Crippen LogP contribution in [0.5, 0.6) is 0 Å². The normalized spacial score (nSPS) is 21.0. The fourth-order valence-corrected chi connectivity index (χ4v) is 3.95. The second-order valence-corrected chi connectivity index (χ2v) is 7.53. The number of likely N-dealkylation sites (tertiary alicyclic amines) is 1. The Balaban J connectivity index is 1.54. The van der Waals surface area contributed by atoms with E-state index in [0.29, 0.717) is 0 Å². The van der Waals surface area contributed by atoms with Gasteiger partial charge in [0.1, 0.15) is 5.82 Å². The molecule has 1 aliphatic heterocycles. The Morgan fingerprint density at radius 2 is 1.92 bits per heavy atom. The van der Waals surface area contributed by atoms with E-state index in [0.717, 1.165) is 56.2 Å². The highest BCUT2D eigenvalue weighted by Crippen LogP contribution is 2.20. The molecule has 2 atom stereocenters. The van der Waals surface area contributed by atoms with Gasteiger partial charge in [-0.2, -0.15) is 0 Å². The molecule has 5 heteroatoms. The summed E-state index contributed by atoms with van der Waals surface area (Å²) in [6, 6.07) is 10.5. The second kappa shape index (κ2) is 8.88. The smallest absolute Gasteiger partial charge is 0.193 e. The Morgan fingerprint density at radius 3 is 2.62 bits per heavy atom. The molecule has 0 radical (unpaired) electrons. The number of rotatable bonds is 5. The fraction of sp³-hybridized carbons (Fsp3) is 0.524. The molecule has 0 spiro atoms. The molecule has 0 aliphatic carbocycles. The van der Waals surface area contributed by atoms with Crippen LogP contribution in [0, 0.1) is 11.8 Å². The van der Waals surface area contributed by atoms with Crippen molar-refractivity contribution < 1.29 is 0 Å². The number of aliphatic imine (C=N–C) groups is 1. The van der Waals surface area contributed by atoms with Gasteiger partial charge in [-0.25, -0.2) is 4.98 Å². The zero-order valence-corrected chi connectivity index (χ0v) is 16.2. The van der Waals surface area contributed by atoms with Crippen molar-refractivity contribution >= 4 is 5.96 Å². The first-order chi connectivity index (χ1) is 12.7. The average Bonchev–Trinajstić information content (AvgIpc) is 3.06. The molecule has 26 heavy (non-hydrogen) atoms. The van der Waals surface area contributed by atoms with Gasteiger partial charge in [0.2, 0.25) is 0 Å². The van der Waals surface area contributed by atoms with Crippen molar-refractivity contribution in [2.24, 2.45) is 16.8 Å². The third-order valence-corrected chi connectivity index (χ3v) is 5.01. The highest BCUT2D eigenvalue weighted by Gasteiger charge is 2.23. The van der Waals surface area contributed by atoms with Crippen molar-refractivity contribution in [3.8, 4) is 0 Å². The number of guanidine groups is 1. The van der Waals surface area contributed by atoms with Crippen molar-refractivity contribution in [1.82, 2.24) is 19.8 Å². The minimum atomic E-state index is 0.724. The van der Waals surface area contributed by atoms with E-state index < -0.39 is 0 Å². The summed E-state index contributed by atoms with van der Waals surface area (Å²) in [6.45, 7) is 8.55. The lowest BCUT2D eigenvalue weighted by molar-refractivity contribution is 0.208. The van der Waals surface area contributed by atoms with E-state index in [1.54, 1.807) is 0 Å². The van der Waals surface area contributed by atoms with Crippen LogP contribution >= 0.6 is 0 Å². The van der Waals surface area contributed by atoms with Gasteiger partial charge in [-0.05, 0) is 23.8 Å². The number of hydrogen-bond donors (Lipinski definition) is 1. The fourth-order valence-electron chi connectivity index (χ4n) is 3.95. The third kappa shape index (κ3) is 4.87. The van der Waals surface area contributed by atoms with Crippen LogP contribution in [0.2, 0.25) is 0 Å². The van der Waals surface area contributed by atoms with Gasteiger partial charge in [-0.1, -0.05) is 44.2 Å².